The quantitative estimate of drug-likeness (QED) is 0.630. The third-order valence-electron chi connectivity index (χ3n) is 2.11. The number of hydrogen-bond acceptors (Lipinski definition) is 2. The molecule has 0 atom stereocenters. The van der Waals surface area contributed by atoms with Gasteiger partial charge in [-0.2, -0.15) is 0 Å². The second-order valence-corrected chi connectivity index (χ2v) is 4.76. The molecule has 1 aliphatic rings. The summed E-state index contributed by atoms with van der Waals surface area (Å²) in [4.78, 5) is 0. The van der Waals surface area contributed by atoms with E-state index >= 15 is 0 Å². The summed E-state index contributed by atoms with van der Waals surface area (Å²) in [5.74, 6) is 1.29. The monoisotopic (exact) mass is 174 g/mol. The fourth-order valence-electron chi connectivity index (χ4n) is 1.31. The van der Waals surface area contributed by atoms with Crippen molar-refractivity contribution in [1.29, 1.82) is 0 Å². The lowest BCUT2D eigenvalue weighted by molar-refractivity contribution is 0.0343. The topological polar surface area (TPSA) is 37.3 Å². The summed E-state index contributed by atoms with van der Waals surface area (Å²) in [6, 6.07) is 0. The van der Waals surface area contributed by atoms with Crippen LogP contribution in [-0.2, 0) is 10.8 Å². The Morgan fingerprint density at radius 3 is 2.55 bits per heavy atom. The molecule has 11 heavy (non-hydrogen) atoms. The molecule has 0 aromatic heterocycles. The minimum Gasteiger partial charge on any atom is -0.390 e. The van der Waals surface area contributed by atoms with Crippen molar-refractivity contribution in [3.05, 3.63) is 12.7 Å². The van der Waals surface area contributed by atoms with E-state index in [0.29, 0.717) is 30.8 Å². The van der Waals surface area contributed by atoms with Gasteiger partial charge in [-0.3, -0.25) is 4.21 Å². The summed E-state index contributed by atoms with van der Waals surface area (Å²) >= 11 is 0. The summed E-state index contributed by atoms with van der Waals surface area (Å²) in [6.07, 6.45) is 3.68. The molecule has 64 valence electrons. The van der Waals surface area contributed by atoms with Crippen molar-refractivity contribution in [2.24, 2.45) is 0 Å². The first-order valence-electron chi connectivity index (χ1n) is 3.84. The van der Waals surface area contributed by atoms with E-state index < -0.39 is 16.4 Å². The third-order valence-corrected chi connectivity index (χ3v) is 3.43. The highest BCUT2D eigenvalue weighted by atomic mass is 32.2. The highest BCUT2D eigenvalue weighted by molar-refractivity contribution is 7.85. The van der Waals surface area contributed by atoms with Gasteiger partial charge in [0.2, 0.25) is 0 Å². The van der Waals surface area contributed by atoms with E-state index in [1.807, 2.05) is 0 Å². The molecule has 0 bridgehead atoms. The van der Waals surface area contributed by atoms with Crippen LogP contribution in [0.2, 0.25) is 0 Å². The molecule has 0 amide bonds. The molecule has 0 radical (unpaired) electrons. The standard InChI is InChI=1S/C8H14O2S/c1-2-3-8(9)4-6-11(10)7-5-8/h2,9H,1,3-7H2. The van der Waals surface area contributed by atoms with Gasteiger partial charge in [-0.05, 0) is 19.3 Å². The van der Waals surface area contributed by atoms with E-state index in [1.54, 1.807) is 6.08 Å². The molecular weight excluding hydrogens is 160 g/mol. The van der Waals surface area contributed by atoms with Crippen LogP contribution in [0.4, 0.5) is 0 Å². The van der Waals surface area contributed by atoms with Gasteiger partial charge in [-0.1, -0.05) is 6.08 Å². The number of aliphatic hydroxyl groups is 1. The maximum absolute atomic E-state index is 10.9. The maximum atomic E-state index is 10.9. The summed E-state index contributed by atoms with van der Waals surface area (Å²) in [7, 11) is -0.685. The van der Waals surface area contributed by atoms with Gasteiger partial charge in [0.15, 0.2) is 0 Å². The van der Waals surface area contributed by atoms with Crippen molar-refractivity contribution >= 4 is 10.8 Å². The van der Waals surface area contributed by atoms with Crippen molar-refractivity contribution < 1.29 is 9.32 Å². The summed E-state index contributed by atoms with van der Waals surface area (Å²) < 4.78 is 10.9. The van der Waals surface area contributed by atoms with Crippen LogP contribution in [0.15, 0.2) is 12.7 Å². The Hall–Kier alpha value is -0.150. The van der Waals surface area contributed by atoms with Gasteiger partial charge in [0.25, 0.3) is 0 Å². The average molecular weight is 174 g/mol. The van der Waals surface area contributed by atoms with Gasteiger partial charge < -0.3 is 5.11 Å². The Labute approximate surface area is 69.8 Å². The molecule has 0 aromatic carbocycles. The smallest absolute Gasteiger partial charge is 0.0699 e. The number of hydrogen-bond donors (Lipinski definition) is 1. The van der Waals surface area contributed by atoms with E-state index in [4.69, 9.17) is 0 Å². The molecule has 1 heterocycles. The first-order chi connectivity index (χ1) is 5.16. The van der Waals surface area contributed by atoms with Crippen LogP contribution in [0.25, 0.3) is 0 Å². The molecule has 0 aromatic rings. The van der Waals surface area contributed by atoms with E-state index in [-0.39, 0.29) is 0 Å². The molecular formula is C8H14O2S. The predicted octanol–water partition coefficient (Wildman–Crippen LogP) is 0.836. The van der Waals surface area contributed by atoms with Crippen molar-refractivity contribution in [3.63, 3.8) is 0 Å². The van der Waals surface area contributed by atoms with Gasteiger partial charge in [0.1, 0.15) is 0 Å². The van der Waals surface area contributed by atoms with Crippen molar-refractivity contribution in [1.82, 2.24) is 0 Å². The second-order valence-electron chi connectivity index (χ2n) is 3.07. The lowest BCUT2D eigenvalue weighted by atomic mass is 9.93. The zero-order valence-corrected chi connectivity index (χ0v) is 7.40. The molecule has 0 saturated carbocycles. The molecule has 1 rings (SSSR count). The molecule has 2 nitrogen and oxygen atoms in total. The Bertz CT molecular complexity index is 167. The van der Waals surface area contributed by atoms with Gasteiger partial charge in [-0.25, -0.2) is 0 Å². The minimum atomic E-state index is -0.685. The summed E-state index contributed by atoms with van der Waals surface area (Å²) in [6.45, 7) is 3.58. The van der Waals surface area contributed by atoms with Gasteiger partial charge in [-0.15, -0.1) is 6.58 Å². The first-order valence-corrected chi connectivity index (χ1v) is 5.33. The highest BCUT2D eigenvalue weighted by Gasteiger charge is 2.30. The molecule has 1 N–H and O–H groups in total. The zero-order valence-electron chi connectivity index (χ0n) is 6.58. The van der Waals surface area contributed by atoms with Gasteiger partial charge in [0.05, 0.1) is 5.60 Å². The molecule has 0 spiro atoms. The average Bonchev–Trinajstić information content (AvgIpc) is 1.97. The van der Waals surface area contributed by atoms with Crippen LogP contribution in [0.3, 0.4) is 0 Å². The van der Waals surface area contributed by atoms with Crippen LogP contribution in [-0.4, -0.2) is 26.4 Å². The van der Waals surface area contributed by atoms with E-state index in [1.165, 1.54) is 0 Å². The van der Waals surface area contributed by atoms with Crippen LogP contribution in [0, 0.1) is 0 Å². The normalized spacial score (nSPS) is 38.5. The molecule has 0 unspecified atom stereocenters. The lowest BCUT2D eigenvalue weighted by Crippen LogP contribution is -2.36. The van der Waals surface area contributed by atoms with Gasteiger partial charge >= 0.3 is 0 Å². The minimum absolute atomic E-state index is 0.602. The zero-order chi connectivity index (χ0) is 8.32. The van der Waals surface area contributed by atoms with Crippen LogP contribution >= 0.6 is 0 Å². The molecule has 1 fully saturated rings. The van der Waals surface area contributed by atoms with Gasteiger partial charge in [0, 0.05) is 22.3 Å². The molecule has 3 heteroatoms. The molecule has 1 aliphatic heterocycles. The Balaban J connectivity index is 2.47. The van der Waals surface area contributed by atoms with Crippen molar-refractivity contribution in [3.8, 4) is 0 Å². The van der Waals surface area contributed by atoms with Crippen LogP contribution < -0.4 is 0 Å². The van der Waals surface area contributed by atoms with E-state index in [0.717, 1.165) is 0 Å². The SMILES string of the molecule is C=CCC1(O)CCS(=O)CC1. The Morgan fingerprint density at radius 2 is 2.09 bits per heavy atom. The van der Waals surface area contributed by atoms with Crippen molar-refractivity contribution in [2.75, 3.05) is 11.5 Å². The summed E-state index contributed by atoms with van der Waals surface area (Å²) in [5.41, 5.74) is -0.602. The van der Waals surface area contributed by atoms with E-state index in [2.05, 4.69) is 6.58 Å². The van der Waals surface area contributed by atoms with E-state index in [9.17, 15) is 9.32 Å². The third kappa shape index (κ3) is 2.42. The Kier molecular flexibility index (Phi) is 2.84. The number of rotatable bonds is 2. The molecule has 1 saturated heterocycles. The predicted molar refractivity (Wildman–Crippen MR) is 46.9 cm³/mol. The van der Waals surface area contributed by atoms with Crippen LogP contribution in [0.1, 0.15) is 19.3 Å². The maximum Gasteiger partial charge on any atom is 0.0699 e. The summed E-state index contributed by atoms with van der Waals surface area (Å²) in [5, 5.41) is 9.78. The fourth-order valence-corrected chi connectivity index (χ4v) is 2.73. The molecule has 0 aliphatic carbocycles. The largest absolute Gasteiger partial charge is 0.390 e. The fraction of sp³-hybridized carbons (Fsp3) is 0.750. The lowest BCUT2D eigenvalue weighted by Gasteiger charge is -2.30. The Morgan fingerprint density at radius 1 is 1.55 bits per heavy atom. The highest BCUT2D eigenvalue weighted by Crippen LogP contribution is 2.25. The first kappa shape index (κ1) is 8.94. The van der Waals surface area contributed by atoms with Crippen molar-refractivity contribution in [2.45, 2.75) is 24.9 Å². The second kappa shape index (κ2) is 3.50. The van der Waals surface area contributed by atoms with Crippen LogP contribution in [0.5, 0.6) is 0 Å².